The Morgan fingerprint density at radius 2 is 1.98 bits per heavy atom. The summed E-state index contributed by atoms with van der Waals surface area (Å²) in [5, 5.41) is 14.2. The third-order valence-corrected chi connectivity index (χ3v) is 10.8. The lowest BCUT2D eigenvalue weighted by Crippen LogP contribution is -2.48. The summed E-state index contributed by atoms with van der Waals surface area (Å²) in [6.45, 7) is 5.43. The fourth-order valence-corrected chi connectivity index (χ4v) is 7.24. The molecule has 0 saturated heterocycles. The van der Waals surface area contributed by atoms with E-state index in [-0.39, 0.29) is 52.9 Å². The first-order valence-electron chi connectivity index (χ1n) is 14.8. The largest absolute Gasteiger partial charge is 0.490 e. The number of ether oxygens (including phenoxy) is 2. The van der Waals surface area contributed by atoms with Gasteiger partial charge >= 0.3 is 6.18 Å². The van der Waals surface area contributed by atoms with Gasteiger partial charge in [-0.3, -0.25) is 9.59 Å². The average Bonchev–Trinajstić information content (AvgIpc) is 3.53. The van der Waals surface area contributed by atoms with Gasteiger partial charge in [-0.25, -0.2) is 8.42 Å². The summed E-state index contributed by atoms with van der Waals surface area (Å²) >= 11 is 1.11. The van der Waals surface area contributed by atoms with Gasteiger partial charge in [-0.05, 0) is 62.8 Å². The van der Waals surface area contributed by atoms with Gasteiger partial charge in [-0.2, -0.15) is 17.5 Å². The molecule has 1 aromatic carbocycles. The standard InChI is InChI=1S/C30H42F3N3O7S2/c1-20-17-36(21(2)19-37)29(39)24-16-23(34-27(38)12-13-30(31,32)33)10-11-25(24)43-22(3)8-5-6-14-42-26(20)18-35(4)45(40,41)28-9-7-15-44-28/h7,9-11,15-16,20-22,26,37H,5-6,8,12-14,17-19H2,1-4H3,(H,34,38)/t20-,21+,22+,26-/m0/s1. The van der Waals surface area contributed by atoms with Crippen molar-refractivity contribution >= 4 is 38.9 Å². The van der Waals surface area contributed by atoms with Crippen LogP contribution in [-0.2, 0) is 19.6 Å². The van der Waals surface area contributed by atoms with Crippen LogP contribution in [0.1, 0.15) is 63.2 Å². The van der Waals surface area contributed by atoms with E-state index in [0.29, 0.717) is 19.4 Å². The van der Waals surface area contributed by atoms with Gasteiger partial charge in [0.2, 0.25) is 5.91 Å². The second-order valence-corrected chi connectivity index (χ2v) is 14.6. The van der Waals surface area contributed by atoms with Crippen LogP contribution < -0.4 is 10.1 Å². The Balaban J connectivity index is 1.94. The highest BCUT2D eigenvalue weighted by Crippen LogP contribution is 2.29. The van der Waals surface area contributed by atoms with Crippen LogP contribution in [0.25, 0.3) is 0 Å². The summed E-state index contributed by atoms with van der Waals surface area (Å²) in [5.74, 6) is -1.55. The molecule has 1 aromatic heterocycles. The first-order chi connectivity index (χ1) is 21.1. The topological polar surface area (TPSA) is 125 Å². The number of aliphatic hydroxyl groups is 1. The monoisotopic (exact) mass is 677 g/mol. The van der Waals surface area contributed by atoms with Gasteiger partial charge < -0.3 is 24.8 Å². The highest BCUT2D eigenvalue weighted by molar-refractivity contribution is 7.91. The van der Waals surface area contributed by atoms with Crippen LogP contribution in [0.5, 0.6) is 5.75 Å². The minimum absolute atomic E-state index is 0.0289. The van der Waals surface area contributed by atoms with E-state index < -0.39 is 53.0 Å². The van der Waals surface area contributed by atoms with Crippen molar-refractivity contribution in [2.45, 2.75) is 81.5 Å². The van der Waals surface area contributed by atoms with E-state index in [4.69, 9.17) is 9.47 Å². The summed E-state index contributed by atoms with van der Waals surface area (Å²) < 4.78 is 78.0. The fraction of sp³-hybridized carbons (Fsp3) is 0.600. The van der Waals surface area contributed by atoms with Gasteiger partial charge in [0.25, 0.3) is 15.9 Å². The Hall–Kier alpha value is -2.72. The predicted octanol–water partition coefficient (Wildman–Crippen LogP) is 5.15. The quantitative estimate of drug-likeness (QED) is 0.377. The number of rotatable bonds is 9. The molecule has 1 aliphatic heterocycles. The number of hydrogen-bond acceptors (Lipinski definition) is 8. The van der Waals surface area contributed by atoms with Crippen LogP contribution in [0.15, 0.2) is 39.9 Å². The number of thiophene rings is 1. The van der Waals surface area contributed by atoms with Crippen molar-refractivity contribution in [3.05, 3.63) is 41.3 Å². The number of likely N-dealkylation sites (N-methyl/N-ethyl adjacent to an activating group) is 1. The molecule has 0 radical (unpaired) electrons. The van der Waals surface area contributed by atoms with E-state index in [1.165, 1.54) is 40.5 Å². The molecule has 3 rings (SSSR count). The molecule has 1 aliphatic rings. The summed E-state index contributed by atoms with van der Waals surface area (Å²) in [6.07, 6.45) is -5.41. The molecule has 4 atom stereocenters. The summed E-state index contributed by atoms with van der Waals surface area (Å²) in [7, 11) is -2.28. The highest BCUT2D eigenvalue weighted by atomic mass is 32.2. The number of alkyl halides is 3. The van der Waals surface area contributed by atoms with Crippen LogP contribution in [-0.4, -0.2) is 92.3 Å². The molecule has 2 N–H and O–H groups in total. The zero-order valence-electron chi connectivity index (χ0n) is 25.9. The predicted molar refractivity (Wildman–Crippen MR) is 165 cm³/mol. The van der Waals surface area contributed by atoms with Crippen molar-refractivity contribution in [3.63, 3.8) is 0 Å². The SMILES string of the molecule is C[C@@H]1CCCCO[C@@H](CN(C)S(=O)(=O)c2cccs2)[C@@H](C)CN([C@H](C)CO)C(=O)c2cc(NC(=O)CCC(F)(F)F)ccc2O1. The Labute approximate surface area is 266 Å². The summed E-state index contributed by atoms with van der Waals surface area (Å²) in [6, 6.07) is 6.84. The molecule has 2 amide bonds. The van der Waals surface area contributed by atoms with Gasteiger partial charge in [-0.15, -0.1) is 11.3 Å². The highest BCUT2D eigenvalue weighted by Gasteiger charge is 2.33. The van der Waals surface area contributed by atoms with Crippen LogP contribution in [0, 0.1) is 5.92 Å². The molecule has 45 heavy (non-hydrogen) atoms. The lowest BCUT2D eigenvalue weighted by Gasteiger charge is -2.35. The normalized spacial score (nSPS) is 21.5. The smallest absolute Gasteiger partial charge is 0.389 e. The van der Waals surface area contributed by atoms with E-state index in [1.807, 2.05) is 13.8 Å². The number of nitrogens with one attached hydrogen (secondary N) is 1. The van der Waals surface area contributed by atoms with E-state index >= 15 is 0 Å². The van der Waals surface area contributed by atoms with E-state index in [9.17, 15) is 36.3 Å². The van der Waals surface area contributed by atoms with Gasteiger partial charge in [0.1, 0.15) is 9.96 Å². The van der Waals surface area contributed by atoms with Crippen LogP contribution in [0.3, 0.4) is 0 Å². The summed E-state index contributed by atoms with van der Waals surface area (Å²) in [5.41, 5.74) is 0.188. The molecule has 15 heteroatoms. The van der Waals surface area contributed by atoms with Crippen molar-refractivity contribution in [2.75, 3.05) is 38.7 Å². The molecule has 10 nitrogen and oxygen atoms in total. The number of hydrogen-bond donors (Lipinski definition) is 2. The number of anilines is 1. The molecule has 0 bridgehead atoms. The number of halogens is 3. The Morgan fingerprint density at radius 1 is 1.24 bits per heavy atom. The van der Waals surface area contributed by atoms with Crippen LogP contribution >= 0.6 is 11.3 Å². The first-order valence-corrected chi connectivity index (χ1v) is 17.1. The van der Waals surface area contributed by atoms with Crippen molar-refractivity contribution in [1.82, 2.24) is 9.21 Å². The van der Waals surface area contributed by atoms with Crippen LogP contribution in [0.4, 0.5) is 18.9 Å². The number of aliphatic hydroxyl groups excluding tert-OH is 1. The molecule has 0 spiro atoms. The van der Waals surface area contributed by atoms with Crippen molar-refractivity contribution in [3.8, 4) is 5.75 Å². The number of fused-ring (bicyclic) bond motifs is 1. The average molecular weight is 678 g/mol. The van der Waals surface area contributed by atoms with Crippen molar-refractivity contribution in [2.24, 2.45) is 5.92 Å². The number of benzene rings is 1. The Kier molecular flexibility index (Phi) is 13.2. The maximum Gasteiger partial charge on any atom is 0.389 e. The minimum atomic E-state index is -4.49. The maximum atomic E-state index is 14.1. The second-order valence-electron chi connectivity index (χ2n) is 11.4. The van der Waals surface area contributed by atoms with Crippen molar-refractivity contribution in [1.29, 1.82) is 0 Å². The number of amides is 2. The maximum absolute atomic E-state index is 14.1. The number of nitrogens with zero attached hydrogens (tertiary/aromatic N) is 2. The van der Waals surface area contributed by atoms with Gasteiger partial charge in [0.15, 0.2) is 0 Å². The molecular weight excluding hydrogens is 635 g/mol. The summed E-state index contributed by atoms with van der Waals surface area (Å²) in [4.78, 5) is 27.8. The minimum Gasteiger partial charge on any atom is -0.490 e. The number of carbonyl (C=O) groups excluding carboxylic acids is 2. The number of carbonyl (C=O) groups is 2. The lowest BCUT2D eigenvalue weighted by molar-refractivity contribution is -0.142. The second kappa shape index (κ2) is 16.2. The molecule has 0 saturated carbocycles. The Morgan fingerprint density at radius 3 is 2.62 bits per heavy atom. The van der Waals surface area contributed by atoms with Crippen molar-refractivity contribution < 1.29 is 45.8 Å². The van der Waals surface area contributed by atoms with E-state index in [1.54, 1.807) is 18.4 Å². The molecule has 2 heterocycles. The van der Waals surface area contributed by atoms with E-state index in [0.717, 1.165) is 17.8 Å². The number of sulfonamides is 1. The molecule has 0 fully saturated rings. The molecule has 252 valence electrons. The molecule has 0 unspecified atom stereocenters. The molecule has 0 aliphatic carbocycles. The Bertz CT molecular complexity index is 1370. The lowest BCUT2D eigenvalue weighted by atomic mass is 10.0. The third kappa shape index (κ3) is 10.7. The van der Waals surface area contributed by atoms with Gasteiger partial charge in [0, 0.05) is 44.8 Å². The zero-order chi connectivity index (χ0) is 33.4. The van der Waals surface area contributed by atoms with Gasteiger partial charge in [-0.1, -0.05) is 13.0 Å². The fourth-order valence-electron chi connectivity index (χ4n) is 4.86. The molecule has 2 aromatic rings. The van der Waals surface area contributed by atoms with E-state index in [2.05, 4.69) is 5.32 Å². The zero-order valence-corrected chi connectivity index (χ0v) is 27.5. The molecular formula is C30H42F3N3O7S2. The third-order valence-electron chi connectivity index (χ3n) is 7.57. The van der Waals surface area contributed by atoms with Gasteiger partial charge in [0.05, 0.1) is 36.8 Å². The first kappa shape index (κ1) is 36.7. The van der Waals surface area contributed by atoms with Crippen LogP contribution in [0.2, 0.25) is 0 Å².